The van der Waals surface area contributed by atoms with Gasteiger partial charge in [0.05, 0.1) is 24.4 Å². The van der Waals surface area contributed by atoms with Crippen LogP contribution >= 0.6 is 11.6 Å². The average molecular weight is 470 g/mol. The number of hydrogen-bond donors (Lipinski definition) is 0. The zero-order valence-corrected chi connectivity index (χ0v) is 20.0. The number of fused-ring (bicyclic) bond motifs is 1. The summed E-state index contributed by atoms with van der Waals surface area (Å²) in [6.45, 7) is 3.53. The smallest absolute Gasteiger partial charge is 0.240 e. The summed E-state index contributed by atoms with van der Waals surface area (Å²) < 4.78 is 5.60. The van der Waals surface area contributed by atoms with E-state index in [1.807, 2.05) is 67.6 Å². The number of para-hydroxylation sites is 1. The van der Waals surface area contributed by atoms with Gasteiger partial charge in [-0.1, -0.05) is 60.1 Å². The Kier molecular flexibility index (Phi) is 5.80. The monoisotopic (exact) mass is 469 g/mol. The van der Waals surface area contributed by atoms with E-state index in [0.717, 1.165) is 50.3 Å². The van der Waals surface area contributed by atoms with Crippen LogP contribution in [-0.2, 0) is 4.79 Å². The molecule has 0 bridgehead atoms. The maximum atomic E-state index is 12.6. The maximum absolute atomic E-state index is 12.6. The summed E-state index contributed by atoms with van der Waals surface area (Å²) in [7, 11) is 1.64. The second-order valence-electron chi connectivity index (χ2n) is 8.35. The summed E-state index contributed by atoms with van der Waals surface area (Å²) in [6, 6.07) is 23.4. The molecule has 0 aliphatic carbocycles. The molecule has 1 unspecified atom stereocenters. The van der Waals surface area contributed by atoms with Crippen LogP contribution in [0.15, 0.2) is 77.9 Å². The van der Waals surface area contributed by atoms with Crippen LogP contribution in [0.1, 0.15) is 36.2 Å². The highest BCUT2D eigenvalue weighted by molar-refractivity contribution is 6.31. The van der Waals surface area contributed by atoms with E-state index in [-0.39, 0.29) is 11.9 Å². The lowest BCUT2D eigenvalue weighted by atomic mass is 9.89. The number of carbonyl (C=O) groups excluding carboxylic acids is 1. The van der Waals surface area contributed by atoms with Crippen LogP contribution in [0.4, 0.5) is 0 Å². The number of aromatic nitrogens is 1. The van der Waals surface area contributed by atoms with Gasteiger partial charge in [-0.2, -0.15) is 5.10 Å². The van der Waals surface area contributed by atoms with Crippen LogP contribution in [-0.4, -0.2) is 28.7 Å². The number of ether oxygens (including phenoxy) is 1. The Bertz CT molecular complexity index is 1430. The third-order valence-corrected chi connectivity index (χ3v) is 6.44. The molecular formula is C28H24ClN3O2. The number of methoxy groups -OCH3 is 1. The molecule has 2 heterocycles. The number of carbonyl (C=O) groups is 1. The minimum absolute atomic E-state index is 0.124. The number of hydrogen-bond acceptors (Lipinski definition) is 4. The van der Waals surface area contributed by atoms with E-state index in [1.54, 1.807) is 12.1 Å². The summed E-state index contributed by atoms with van der Waals surface area (Å²) in [5.41, 5.74) is 6.47. The van der Waals surface area contributed by atoms with E-state index in [1.165, 1.54) is 6.92 Å². The van der Waals surface area contributed by atoms with Crippen LogP contribution in [0.2, 0.25) is 5.02 Å². The van der Waals surface area contributed by atoms with Crippen molar-refractivity contribution < 1.29 is 9.53 Å². The lowest BCUT2D eigenvalue weighted by Gasteiger charge is -2.22. The van der Waals surface area contributed by atoms with Gasteiger partial charge in [0.25, 0.3) is 0 Å². The molecule has 170 valence electrons. The second kappa shape index (κ2) is 8.92. The summed E-state index contributed by atoms with van der Waals surface area (Å²) in [5, 5.41) is 8.00. The molecule has 34 heavy (non-hydrogen) atoms. The van der Waals surface area contributed by atoms with Gasteiger partial charge in [0.2, 0.25) is 5.91 Å². The first kappa shape index (κ1) is 22.1. The first-order chi connectivity index (χ1) is 16.5. The summed E-state index contributed by atoms with van der Waals surface area (Å²) in [6.07, 6.45) is 0.550. The summed E-state index contributed by atoms with van der Waals surface area (Å²) in [4.78, 5) is 17.5. The quantitative estimate of drug-likeness (QED) is 0.339. The number of amides is 1. The zero-order valence-electron chi connectivity index (χ0n) is 19.2. The number of rotatable bonds is 4. The lowest BCUT2D eigenvalue weighted by Crippen LogP contribution is -2.24. The number of hydrazone groups is 1. The van der Waals surface area contributed by atoms with Gasteiger partial charge in [-0.05, 0) is 36.8 Å². The Balaban J connectivity index is 1.74. The van der Waals surface area contributed by atoms with Crippen LogP contribution in [0, 0.1) is 6.92 Å². The molecule has 4 aromatic rings. The van der Waals surface area contributed by atoms with Gasteiger partial charge in [-0.25, -0.2) is 5.01 Å². The zero-order chi connectivity index (χ0) is 23.8. The van der Waals surface area contributed by atoms with Gasteiger partial charge in [-0.3, -0.25) is 9.78 Å². The minimum Gasteiger partial charge on any atom is -0.496 e. The summed E-state index contributed by atoms with van der Waals surface area (Å²) in [5.74, 6) is 0.611. The second-order valence-corrected chi connectivity index (χ2v) is 8.78. The van der Waals surface area contributed by atoms with Crippen molar-refractivity contribution in [2.24, 2.45) is 5.10 Å². The molecule has 1 aliphatic rings. The van der Waals surface area contributed by atoms with Crippen molar-refractivity contribution in [2.75, 3.05) is 7.11 Å². The van der Waals surface area contributed by atoms with E-state index < -0.39 is 0 Å². The van der Waals surface area contributed by atoms with Gasteiger partial charge in [0, 0.05) is 46.1 Å². The number of halogens is 1. The average Bonchev–Trinajstić information content (AvgIpc) is 3.29. The molecule has 5 nitrogen and oxygen atoms in total. The Morgan fingerprint density at radius 2 is 1.76 bits per heavy atom. The number of aryl methyl sites for hydroxylation is 1. The van der Waals surface area contributed by atoms with Gasteiger partial charge >= 0.3 is 0 Å². The molecule has 1 aromatic heterocycles. The largest absolute Gasteiger partial charge is 0.496 e. The third kappa shape index (κ3) is 3.82. The first-order valence-electron chi connectivity index (χ1n) is 11.1. The molecule has 0 N–H and O–H groups in total. The SMILES string of the molecule is COc1ccccc1C1CC(c2c(C)nc3ccc(Cl)cc3c2-c2ccccc2)=NN1C(C)=O. The van der Waals surface area contributed by atoms with Crippen molar-refractivity contribution in [3.8, 4) is 16.9 Å². The molecule has 0 saturated heterocycles. The predicted molar refractivity (Wildman–Crippen MR) is 136 cm³/mol. The van der Waals surface area contributed by atoms with Crippen LogP contribution in [0.3, 0.4) is 0 Å². The van der Waals surface area contributed by atoms with E-state index in [9.17, 15) is 4.79 Å². The lowest BCUT2D eigenvalue weighted by molar-refractivity contribution is -0.130. The van der Waals surface area contributed by atoms with E-state index in [4.69, 9.17) is 26.4 Å². The van der Waals surface area contributed by atoms with Crippen LogP contribution < -0.4 is 4.74 Å². The Morgan fingerprint density at radius 1 is 1.03 bits per heavy atom. The predicted octanol–water partition coefficient (Wildman–Crippen LogP) is 6.57. The van der Waals surface area contributed by atoms with Crippen molar-refractivity contribution in [1.29, 1.82) is 0 Å². The Hall–Kier alpha value is -3.70. The number of benzene rings is 3. The fraction of sp³-hybridized carbons (Fsp3) is 0.179. The van der Waals surface area contributed by atoms with Gasteiger partial charge in [-0.15, -0.1) is 0 Å². The van der Waals surface area contributed by atoms with E-state index in [0.29, 0.717) is 11.4 Å². The van der Waals surface area contributed by atoms with Crippen molar-refractivity contribution in [3.05, 3.63) is 94.6 Å². The number of pyridine rings is 1. The first-order valence-corrected chi connectivity index (χ1v) is 11.5. The Morgan fingerprint density at radius 3 is 2.50 bits per heavy atom. The highest BCUT2D eigenvalue weighted by atomic mass is 35.5. The maximum Gasteiger partial charge on any atom is 0.240 e. The van der Waals surface area contributed by atoms with Crippen molar-refractivity contribution in [2.45, 2.75) is 26.3 Å². The number of nitrogens with zero attached hydrogens (tertiary/aromatic N) is 3. The van der Waals surface area contributed by atoms with Crippen LogP contribution in [0.25, 0.3) is 22.0 Å². The molecule has 3 aromatic carbocycles. The Labute approximate surface area is 203 Å². The standard InChI is InChI=1S/C28H24ClN3O2/c1-17-27(24-16-25(32(31-24)18(2)33)21-11-7-8-12-26(21)34-3)28(19-9-5-4-6-10-19)22-15-20(29)13-14-23(22)30-17/h4-15,25H,16H2,1-3H3. The summed E-state index contributed by atoms with van der Waals surface area (Å²) >= 11 is 6.41. The molecule has 1 aliphatic heterocycles. The minimum atomic E-state index is -0.262. The van der Waals surface area contributed by atoms with Crippen LogP contribution in [0.5, 0.6) is 5.75 Å². The molecule has 0 saturated carbocycles. The van der Waals surface area contributed by atoms with Crippen molar-refractivity contribution in [1.82, 2.24) is 9.99 Å². The topological polar surface area (TPSA) is 54.8 Å². The fourth-order valence-corrected chi connectivity index (χ4v) is 4.92. The third-order valence-electron chi connectivity index (χ3n) is 6.21. The molecule has 1 atom stereocenters. The molecule has 0 spiro atoms. The van der Waals surface area contributed by atoms with Gasteiger partial charge < -0.3 is 4.74 Å². The highest BCUT2D eigenvalue weighted by Crippen LogP contribution is 2.41. The molecule has 0 radical (unpaired) electrons. The van der Waals surface area contributed by atoms with E-state index in [2.05, 4.69) is 12.1 Å². The highest BCUT2D eigenvalue weighted by Gasteiger charge is 2.35. The van der Waals surface area contributed by atoms with Crippen molar-refractivity contribution >= 4 is 34.1 Å². The molecular weight excluding hydrogens is 446 g/mol. The molecule has 1 amide bonds. The van der Waals surface area contributed by atoms with Gasteiger partial charge in [0.15, 0.2) is 0 Å². The molecule has 6 heteroatoms. The fourth-order valence-electron chi connectivity index (χ4n) is 4.75. The molecule has 5 rings (SSSR count). The van der Waals surface area contributed by atoms with E-state index >= 15 is 0 Å². The van der Waals surface area contributed by atoms with Crippen molar-refractivity contribution in [3.63, 3.8) is 0 Å². The normalized spacial score (nSPS) is 15.5. The van der Waals surface area contributed by atoms with Gasteiger partial charge in [0.1, 0.15) is 5.75 Å². The molecule has 0 fully saturated rings.